The van der Waals surface area contributed by atoms with Gasteiger partial charge in [0.1, 0.15) is 0 Å². The van der Waals surface area contributed by atoms with Gasteiger partial charge in [0.15, 0.2) is 0 Å². The summed E-state index contributed by atoms with van der Waals surface area (Å²) >= 11 is 0. The second kappa shape index (κ2) is 13.8. The molecular formula is C32H42N2O2. The minimum absolute atomic E-state index is 0.0571. The normalized spacial score (nSPS) is 35.0. The Morgan fingerprint density at radius 3 is 1.69 bits per heavy atom. The Hall–Kier alpha value is -2.43. The van der Waals surface area contributed by atoms with Crippen LogP contribution in [0.3, 0.4) is 0 Å². The van der Waals surface area contributed by atoms with Crippen LogP contribution in [0.15, 0.2) is 0 Å². The van der Waals surface area contributed by atoms with Gasteiger partial charge in [0, 0.05) is 35.5 Å². The number of rotatable bonds is 3. The first-order valence-electron chi connectivity index (χ1n) is 14.6. The molecule has 0 saturated heterocycles. The van der Waals surface area contributed by atoms with E-state index in [-0.39, 0.29) is 35.6 Å². The van der Waals surface area contributed by atoms with E-state index in [0.717, 1.165) is 70.6 Å². The first kappa shape index (κ1) is 26.6. The highest BCUT2D eigenvalue weighted by Crippen LogP contribution is 2.36. The lowest BCUT2D eigenvalue weighted by atomic mass is 9.73. The van der Waals surface area contributed by atoms with Crippen molar-refractivity contribution in [1.29, 1.82) is 10.5 Å². The Balaban J connectivity index is 1.37. The summed E-state index contributed by atoms with van der Waals surface area (Å²) in [5, 5.41) is 18.3. The van der Waals surface area contributed by atoms with E-state index in [1.165, 1.54) is 32.1 Å². The summed E-state index contributed by atoms with van der Waals surface area (Å²) in [5.41, 5.74) is 0. The van der Waals surface area contributed by atoms with Gasteiger partial charge in [-0.1, -0.05) is 42.9 Å². The molecule has 4 fully saturated rings. The molecule has 36 heavy (non-hydrogen) atoms. The molecule has 0 spiro atoms. The molecule has 3 unspecified atom stereocenters. The molecule has 4 nitrogen and oxygen atoms in total. The Morgan fingerprint density at radius 1 is 0.611 bits per heavy atom. The molecule has 0 heterocycles. The molecule has 0 aliphatic heterocycles. The molecule has 0 aromatic heterocycles. The lowest BCUT2D eigenvalue weighted by Gasteiger charge is -2.31. The SMILES string of the molecule is N#CC1CCC(C#CC2CCC(C#CC3CCC(C#N)CC3)C(C(=O)OCC3CCCCC3)C2)CC1. The van der Waals surface area contributed by atoms with Crippen LogP contribution in [0.2, 0.25) is 0 Å². The molecule has 4 heteroatoms. The Labute approximate surface area is 218 Å². The highest BCUT2D eigenvalue weighted by Gasteiger charge is 2.36. The third-order valence-corrected chi connectivity index (χ3v) is 9.12. The van der Waals surface area contributed by atoms with E-state index >= 15 is 0 Å². The van der Waals surface area contributed by atoms with Gasteiger partial charge in [0.05, 0.1) is 24.7 Å². The maximum absolute atomic E-state index is 13.3. The lowest BCUT2D eigenvalue weighted by molar-refractivity contribution is -0.153. The van der Waals surface area contributed by atoms with E-state index in [4.69, 9.17) is 15.3 Å². The fourth-order valence-electron chi connectivity index (χ4n) is 6.59. The molecule has 0 aromatic carbocycles. The average Bonchev–Trinajstić information content (AvgIpc) is 2.95. The molecule has 4 rings (SSSR count). The number of carbonyl (C=O) groups is 1. The van der Waals surface area contributed by atoms with Crippen molar-refractivity contribution in [2.75, 3.05) is 6.61 Å². The van der Waals surface area contributed by atoms with E-state index in [1.54, 1.807) is 0 Å². The third-order valence-electron chi connectivity index (χ3n) is 9.12. The van der Waals surface area contributed by atoms with Crippen LogP contribution >= 0.6 is 0 Å². The van der Waals surface area contributed by atoms with Gasteiger partial charge in [-0.2, -0.15) is 10.5 Å². The van der Waals surface area contributed by atoms with Crippen molar-refractivity contribution < 1.29 is 9.53 Å². The molecule has 4 aliphatic rings. The summed E-state index contributed by atoms with van der Waals surface area (Å²) < 4.78 is 5.92. The maximum atomic E-state index is 13.3. The first-order chi connectivity index (χ1) is 17.6. The van der Waals surface area contributed by atoms with Crippen molar-refractivity contribution in [2.45, 2.75) is 103 Å². The number of nitrogens with zero attached hydrogens (tertiary/aromatic N) is 2. The van der Waals surface area contributed by atoms with Gasteiger partial charge in [-0.15, -0.1) is 0 Å². The van der Waals surface area contributed by atoms with E-state index in [1.807, 2.05) is 0 Å². The predicted molar refractivity (Wildman–Crippen MR) is 140 cm³/mol. The zero-order valence-electron chi connectivity index (χ0n) is 21.9. The number of nitriles is 2. The van der Waals surface area contributed by atoms with Crippen molar-refractivity contribution in [1.82, 2.24) is 0 Å². The predicted octanol–water partition coefficient (Wildman–Crippen LogP) is 6.81. The van der Waals surface area contributed by atoms with E-state index in [9.17, 15) is 4.79 Å². The number of carbonyl (C=O) groups excluding carboxylic acids is 1. The van der Waals surface area contributed by atoms with Gasteiger partial charge < -0.3 is 4.74 Å². The van der Waals surface area contributed by atoms with Crippen LogP contribution in [0.1, 0.15) is 103 Å². The monoisotopic (exact) mass is 486 g/mol. The van der Waals surface area contributed by atoms with Gasteiger partial charge in [0.25, 0.3) is 0 Å². The Kier molecular flexibility index (Phi) is 10.2. The molecular weight excluding hydrogens is 444 g/mol. The molecule has 0 N–H and O–H groups in total. The summed E-state index contributed by atoms with van der Waals surface area (Å²) in [7, 11) is 0. The molecule has 4 saturated carbocycles. The second-order valence-electron chi connectivity index (χ2n) is 11.8. The molecule has 0 aromatic rings. The summed E-state index contributed by atoms with van der Waals surface area (Å²) in [6.45, 7) is 0.562. The largest absolute Gasteiger partial charge is 0.465 e. The second-order valence-corrected chi connectivity index (χ2v) is 11.8. The summed E-state index contributed by atoms with van der Waals surface area (Å²) in [6, 6.07) is 4.80. The van der Waals surface area contributed by atoms with Crippen LogP contribution in [-0.2, 0) is 9.53 Å². The number of hydrogen-bond acceptors (Lipinski definition) is 4. The molecule has 192 valence electrons. The lowest BCUT2D eigenvalue weighted by Crippen LogP contribution is -2.32. The van der Waals surface area contributed by atoms with Gasteiger partial charge in [0.2, 0.25) is 0 Å². The molecule has 3 atom stereocenters. The van der Waals surface area contributed by atoms with Crippen molar-refractivity contribution >= 4 is 5.97 Å². The van der Waals surface area contributed by atoms with E-state index in [2.05, 4.69) is 35.8 Å². The van der Waals surface area contributed by atoms with E-state index in [0.29, 0.717) is 24.4 Å². The van der Waals surface area contributed by atoms with Crippen LogP contribution in [-0.4, -0.2) is 12.6 Å². The van der Waals surface area contributed by atoms with Crippen LogP contribution < -0.4 is 0 Å². The minimum atomic E-state index is -0.182. The molecule has 0 amide bonds. The number of esters is 1. The average molecular weight is 487 g/mol. The fraction of sp³-hybridized carbons (Fsp3) is 0.781. The van der Waals surface area contributed by atoms with Crippen molar-refractivity contribution in [2.24, 2.45) is 47.3 Å². The van der Waals surface area contributed by atoms with Crippen LogP contribution in [0.5, 0.6) is 0 Å². The topological polar surface area (TPSA) is 73.9 Å². The maximum Gasteiger partial charge on any atom is 0.310 e. The zero-order chi connectivity index (χ0) is 25.2. The van der Waals surface area contributed by atoms with Crippen molar-refractivity contribution in [3.8, 4) is 35.8 Å². The summed E-state index contributed by atoms with van der Waals surface area (Å²) in [6.07, 6.45) is 16.7. The highest BCUT2D eigenvalue weighted by molar-refractivity contribution is 5.73. The van der Waals surface area contributed by atoms with Gasteiger partial charge >= 0.3 is 5.97 Å². The van der Waals surface area contributed by atoms with Gasteiger partial charge in [-0.05, 0) is 89.4 Å². The molecule has 0 radical (unpaired) electrons. The van der Waals surface area contributed by atoms with Gasteiger partial charge in [-0.25, -0.2) is 0 Å². The minimum Gasteiger partial charge on any atom is -0.465 e. The van der Waals surface area contributed by atoms with Gasteiger partial charge in [-0.3, -0.25) is 4.79 Å². The van der Waals surface area contributed by atoms with Crippen LogP contribution in [0.25, 0.3) is 0 Å². The highest BCUT2D eigenvalue weighted by atomic mass is 16.5. The number of hydrogen-bond donors (Lipinski definition) is 0. The Morgan fingerprint density at radius 2 is 1.11 bits per heavy atom. The number of ether oxygens (including phenoxy) is 1. The van der Waals surface area contributed by atoms with Crippen LogP contribution in [0, 0.1) is 93.7 Å². The van der Waals surface area contributed by atoms with Crippen molar-refractivity contribution in [3.63, 3.8) is 0 Å². The third kappa shape index (κ3) is 7.78. The fourth-order valence-corrected chi connectivity index (χ4v) is 6.59. The van der Waals surface area contributed by atoms with E-state index < -0.39 is 0 Å². The summed E-state index contributed by atoms with van der Waals surface area (Å²) in [4.78, 5) is 13.3. The molecule has 0 bridgehead atoms. The van der Waals surface area contributed by atoms with Crippen LogP contribution in [0.4, 0.5) is 0 Å². The standard InChI is InChI=1S/C32H42N2O2/c33-21-27-12-7-24(8-13-27)6-11-26-17-19-30(18-16-25-9-14-28(22-34)15-10-25)31(20-26)32(35)36-23-29-4-2-1-3-5-29/h24-31H,1-5,7-10,12-15,17,19-20,23H2. The molecule has 4 aliphatic carbocycles. The zero-order valence-corrected chi connectivity index (χ0v) is 21.9. The Bertz CT molecular complexity index is 929. The smallest absolute Gasteiger partial charge is 0.310 e. The first-order valence-corrected chi connectivity index (χ1v) is 14.6. The summed E-state index contributed by atoms with van der Waals surface area (Å²) in [5.74, 6) is 15.8. The quantitative estimate of drug-likeness (QED) is 0.324. The van der Waals surface area contributed by atoms with Crippen molar-refractivity contribution in [3.05, 3.63) is 0 Å².